The number of aryl methyl sites for hydroxylation is 1. The van der Waals surface area contributed by atoms with E-state index in [1.807, 2.05) is 31.2 Å². The smallest absolute Gasteiger partial charge is 0.492 e. The van der Waals surface area contributed by atoms with Gasteiger partial charge in [0.15, 0.2) is 6.03 Å². The third kappa shape index (κ3) is 3.32. The van der Waals surface area contributed by atoms with Crippen LogP contribution >= 0.6 is 0 Å². The zero-order valence-electron chi connectivity index (χ0n) is 14.0. The molecular formula is C18H15FN3O2Rb. The van der Waals surface area contributed by atoms with Crippen LogP contribution in [-0.4, -0.2) is 23.4 Å². The number of halogens is 1. The predicted molar refractivity (Wildman–Crippen MR) is 87.4 cm³/mol. The first kappa shape index (κ1) is 18.7. The predicted octanol–water partition coefficient (Wildman–Crippen LogP) is 1.08. The molecule has 25 heavy (non-hydrogen) atoms. The van der Waals surface area contributed by atoms with Crippen LogP contribution in [0, 0.1) is 18.7 Å². The van der Waals surface area contributed by atoms with E-state index in [0.29, 0.717) is 23.6 Å². The van der Waals surface area contributed by atoms with Crippen LogP contribution in [0.3, 0.4) is 0 Å². The zero-order valence-corrected chi connectivity index (χ0v) is 18.9. The average molecular weight is 410 g/mol. The van der Waals surface area contributed by atoms with Gasteiger partial charge in [-0.25, -0.2) is 4.39 Å². The molecule has 2 aliphatic rings. The molecule has 2 aromatic carbocycles. The molecule has 0 spiro atoms. The molecule has 0 unspecified atom stereocenters. The first-order valence-electron chi connectivity index (χ1n) is 7.67. The fourth-order valence-corrected chi connectivity index (χ4v) is 3.40. The molecule has 0 aromatic heterocycles. The van der Waals surface area contributed by atoms with Gasteiger partial charge in [0.1, 0.15) is 11.6 Å². The van der Waals surface area contributed by atoms with Crippen LogP contribution in [0.25, 0.3) is 5.73 Å². The number of urea groups is 1. The number of amides is 2. The Bertz CT molecular complexity index is 871. The van der Waals surface area contributed by atoms with Gasteiger partial charge in [0, 0.05) is 17.5 Å². The van der Waals surface area contributed by atoms with Gasteiger partial charge in [-0.2, -0.15) is 0 Å². The number of carbonyl (C=O) groups excluding carboxylic acids is 1. The van der Waals surface area contributed by atoms with Crippen molar-refractivity contribution in [2.45, 2.75) is 13.0 Å². The van der Waals surface area contributed by atoms with E-state index in [0.717, 1.165) is 16.1 Å². The number of hydrazone groups is 1. The zero-order chi connectivity index (χ0) is 16.8. The Balaban J connectivity index is 0.00000182. The van der Waals surface area contributed by atoms with Crippen molar-refractivity contribution >= 4 is 11.7 Å². The summed E-state index contributed by atoms with van der Waals surface area (Å²) in [6, 6.07) is 10.7. The van der Waals surface area contributed by atoms with Gasteiger partial charge in [0.25, 0.3) is 0 Å². The quantitative estimate of drug-likeness (QED) is 0.707. The van der Waals surface area contributed by atoms with Crippen molar-refractivity contribution in [3.8, 4) is 5.75 Å². The fraction of sp³-hybridized carbons (Fsp3) is 0.222. The number of carbonyl (C=O) groups is 1. The summed E-state index contributed by atoms with van der Waals surface area (Å²) in [6.07, 6.45) is 0. The number of hydrogen-bond donors (Lipinski definition) is 0. The molecule has 4 rings (SSSR count). The maximum absolute atomic E-state index is 13.7. The fourth-order valence-electron chi connectivity index (χ4n) is 3.40. The molecule has 0 aliphatic carbocycles. The molecule has 2 aliphatic heterocycles. The van der Waals surface area contributed by atoms with Crippen molar-refractivity contribution < 1.29 is 72.1 Å². The Labute approximate surface area is 193 Å². The molecule has 122 valence electrons. The first-order chi connectivity index (χ1) is 11.5. The second-order valence-electron chi connectivity index (χ2n) is 6.05. The van der Waals surface area contributed by atoms with Gasteiger partial charge in [0.2, 0.25) is 0 Å². The van der Waals surface area contributed by atoms with Crippen molar-refractivity contribution in [1.29, 1.82) is 0 Å². The Morgan fingerprint density at radius 1 is 1.32 bits per heavy atom. The largest absolute Gasteiger partial charge is 1.00 e. The van der Waals surface area contributed by atoms with Crippen LogP contribution in [-0.2, 0) is 0 Å². The summed E-state index contributed by atoms with van der Waals surface area (Å²) in [6.45, 7) is 2.30. The topological polar surface area (TPSA) is 65.7 Å². The van der Waals surface area contributed by atoms with E-state index in [-0.39, 0.29) is 69.9 Å². The van der Waals surface area contributed by atoms with Gasteiger partial charge >= 0.3 is 58.2 Å². The van der Waals surface area contributed by atoms with Crippen molar-refractivity contribution in [2.75, 3.05) is 6.61 Å². The van der Waals surface area contributed by atoms with E-state index in [4.69, 9.17) is 10.5 Å². The molecule has 7 heteroatoms. The van der Waals surface area contributed by atoms with Gasteiger partial charge in [0.05, 0.1) is 12.3 Å². The van der Waals surface area contributed by atoms with Gasteiger partial charge in [-0.05, 0) is 30.7 Å². The van der Waals surface area contributed by atoms with Gasteiger partial charge in [-0.15, -0.1) is 0 Å². The van der Waals surface area contributed by atoms with E-state index in [1.54, 1.807) is 6.07 Å². The third-order valence-electron chi connectivity index (χ3n) is 4.44. The molecule has 0 bridgehead atoms. The standard InChI is InChI=1S/C18H16FN3O2.Rb/c1-10-3-2-4-11(7-10)17-14-9-24-15-6-5-12(19)8-13(15)16(14)21-22(17)18(20)23;/h2-8,14,17H,9H2,1H3,(H2,20,23);/q;+1/p-1/t14-,17+;/m0./s1. The van der Waals surface area contributed by atoms with Gasteiger partial charge < -0.3 is 15.5 Å². The minimum Gasteiger partial charge on any atom is -0.492 e. The van der Waals surface area contributed by atoms with E-state index < -0.39 is 12.1 Å². The van der Waals surface area contributed by atoms with Gasteiger partial charge in [-0.3, -0.25) is 9.90 Å². The number of nitrogens with zero attached hydrogens (tertiary/aromatic N) is 2. The van der Waals surface area contributed by atoms with E-state index >= 15 is 0 Å². The van der Waals surface area contributed by atoms with Crippen LogP contribution in [0.4, 0.5) is 9.18 Å². The molecule has 5 nitrogen and oxygen atoms in total. The second kappa shape index (κ2) is 7.27. The summed E-state index contributed by atoms with van der Waals surface area (Å²) >= 11 is 0. The summed E-state index contributed by atoms with van der Waals surface area (Å²) in [4.78, 5) is 11.8. The van der Waals surface area contributed by atoms with Crippen molar-refractivity contribution in [3.63, 3.8) is 0 Å². The summed E-state index contributed by atoms with van der Waals surface area (Å²) in [5.41, 5.74) is 10.6. The monoisotopic (exact) mass is 409 g/mol. The van der Waals surface area contributed by atoms with Crippen LogP contribution in [0.5, 0.6) is 5.75 Å². The molecule has 0 fully saturated rings. The van der Waals surface area contributed by atoms with Crippen LogP contribution < -0.4 is 62.9 Å². The van der Waals surface area contributed by atoms with Crippen molar-refractivity contribution in [1.82, 2.24) is 5.01 Å². The van der Waals surface area contributed by atoms with E-state index in [9.17, 15) is 9.18 Å². The number of ether oxygens (including phenoxy) is 1. The molecule has 2 aromatic rings. The molecular weight excluding hydrogens is 395 g/mol. The maximum atomic E-state index is 13.7. The summed E-state index contributed by atoms with van der Waals surface area (Å²) in [7, 11) is 0. The minimum atomic E-state index is -0.888. The first-order valence-corrected chi connectivity index (χ1v) is 7.67. The van der Waals surface area contributed by atoms with Crippen molar-refractivity contribution in [3.05, 3.63) is 70.7 Å². The maximum Gasteiger partial charge on any atom is 1.00 e. The van der Waals surface area contributed by atoms with Crippen LogP contribution in [0.15, 0.2) is 47.6 Å². The molecule has 0 radical (unpaired) electrons. The normalized spacial score (nSPS) is 20.7. The molecule has 2 atom stereocenters. The molecule has 2 heterocycles. The second-order valence-corrected chi connectivity index (χ2v) is 6.05. The number of hydrogen-bond acceptors (Lipinski definition) is 3. The number of benzene rings is 2. The SMILES string of the molecule is Cc1cccc([C@@H]2[C@H]3COc4ccc(F)cc4C3=NN2C([NH-])=O)c1.[Rb+]. The number of nitrogens with one attached hydrogen (secondary N) is 1. The summed E-state index contributed by atoms with van der Waals surface area (Å²) in [5.74, 6) is -0.0625. The number of rotatable bonds is 1. The third-order valence-corrected chi connectivity index (χ3v) is 4.44. The van der Waals surface area contributed by atoms with E-state index in [1.165, 1.54) is 12.1 Å². The minimum absolute atomic E-state index is 0. The Morgan fingerprint density at radius 2 is 2.12 bits per heavy atom. The Hall–Kier alpha value is -1.08. The Morgan fingerprint density at radius 3 is 2.84 bits per heavy atom. The van der Waals surface area contributed by atoms with Gasteiger partial charge in [-0.1, -0.05) is 29.8 Å². The van der Waals surface area contributed by atoms with E-state index in [2.05, 4.69) is 5.10 Å². The number of fused-ring (bicyclic) bond motifs is 3. The molecule has 0 saturated carbocycles. The summed E-state index contributed by atoms with van der Waals surface area (Å²) in [5, 5.41) is 5.51. The van der Waals surface area contributed by atoms with Crippen LogP contribution in [0.2, 0.25) is 0 Å². The van der Waals surface area contributed by atoms with Crippen LogP contribution in [0.1, 0.15) is 22.7 Å². The summed E-state index contributed by atoms with van der Waals surface area (Å²) < 4.78 is 19.4. The van der Waals surface area contributed by atoms with Crippen molar-refractivity contribution in [2.24, 2.45) is 11.0 Å². The molecule has 1 N–H and O–H groups in total. The average Bonchev–Trinajstić information content (AvgIpc) is 2.95. The Kier molecular flexibility index (Phi) is 5.44. The molecule has 2 amide bonds. The molecule has 0 saturated heterocycles.